The molecule has 1 fully saturated rings. The molecule has 0 saturated heterocycles. The molecule has 2 aromatic heterocycles. The van der Waals surface area contributed by atoms with E-state index < -0.39 is 0 Å². The third kappa shape index (κ3) is 2.90. The zero-order valence-corrected chi connectivity index (χ0v) is 17.1. The van der Waals surface area contributed by atoms with Gasteiger partial charge in [0.1, 0.15) is 16.7 Å². The maximum absolute atomic E-state index is 6.50. The Hall–Kier alpha value is -1.78. The van der Waals surface area contributed by atoms with Gasteiger partial charge in [-0.3, -0.25) is 4.68 Å². The second kappa shape index (κ2) is 6.39. The van der Waals surface area contributed by atoms with Gasteiger partial charge >= 0.3 is 0 Å². The lowest BCUT2D eigenvalue weighted by Gasteiger charge is -2.37. The van der Waals surface area contributed by atoms with Crippen LogP contribution < -0.4 is 4.90 Å². The van der Waals surface area contributed by atoms with Crippen LogP contribution in [0.4, 0.5) is 5.69 Å². The summed E-state index contributed by atoms with van der Waals surface area (Å²) in [5.41, 5.74) is 6.08. The lowest BCUT2D eigenvalue weighted by atomic mass is 10.1. The summed E-state index contributed by atoms with van der Waals surface area (Å²) >= 11 is 12.6. The summed E-state index contributed by atoms with van der Waals surface area (Å²) in [5, 5.41) is 6.19. The molecule has 6 heteroatoms. The van der Waals surface area contributed by atoms with E-state index in [0.717, 1.165) is 53.4 Å². The molecule has 0 radical (unpaired) electrons. The zero-order chi connectivity index (χ0) is 18.7. The molecule has 5 rings (SSSR count). The number of nitrogens with zero attached hydrogens (tertiary/aromatic N) is 4. The molecule has 1 saturated carbocycles. The number of aryl methyl sites for hydroxylation is 1. The minimum atomic E-state index is 0.469. The minimum absolute atomic E-state index is 0.469. The van der Waals surface area contributed by atoms with Crippen LogP contribution in [0, 0.1) is 12.8 Å². The van der Waals surface area contributed by atoms with Crippen molar-refractivity contribution < 1.29 is 0 Å². The molecule has 2 aliphatic rings. The van der Waals surface area contributed by atoms with Gasteiger partial charge in [0, 0.05) is 28.9 Å². The number of hydrogen-bond donors (Lipinski definition) is 0. The average Bonchev–Trinajstić information content (AvgIpc) is 3.38. The zero-order valence-electron chi connectivity index (χ0n) is 15.5. The van der Waals surface area contributed by atoms with Crippen molar-refractivity contribution >= 4 is 39.9 Å². The van der Waals surface area contributed by atoms with Gasteiger partial charge in [-0.15, -0.1) is 0 Å². The first-order valence-corrected chi connectivity index (χ1v) is 10.4. The Kier molecular flexibility index (Phi) is 4.10. The van der Waals surface area contributed by atoms with Gasteiger partial charge in [-0.25, -0.2) is 4.98 Å². The van der Waals surface area contributed by atoms with Crippen molar-refractivity contribution in [2.24, 2.45) is 5.92 Å². The van der Waals surface area contributed by atoms with E-state index in [2.05, 4.69) is 29.5 Å². The summed E-state index contributed by atoms with van der Waals surface area (Å²) in [7, 11) is 0. The van der Waals surface area contributed by atoms with Gasteiger partial charge in [-0.05, 0) is 56.4 Å². The number of aromatic nitrogens is 3. The quantitative estimate of drug-likeness (QED) is 0.561. The van der Waals surface area contributed by atoms with Gasteiger partial charge in [0.2, 0.25) is 0 Å². The van der Waals surface area contributed by atoms with E-state index in [9.17, 15) is 0 Å². The van der Waals surface area contributed by atoms with Gasteiger partial charge < -0.3 is 4.90 Å². The highest BCUT2D eigenvalue weighted by Crippen LogP contribution is 2.42. The highest BCUT2D eigenvalue weighted by molar-refractivity contribution is 6.36. The Morgan fingerprint density at radius 1 is 1.19 bits per heavy atom. The Balaban J connectivity index is 1.73. The third-order valence-corrected chi connectivity index (χ3v) is 6.29. The monoisotopic (exact) mass is 400 g/mol. The number of hydrogen-bond acceptors (Lipinski definition) is 3. The number of halogens is 2. The van der Waals surface area contributed by atoms with Crippen molar-refractivity contribution in [1.29, 1.82) is 0 Å². The van der Waals surface area contributed by atoms with Crippen LogP contribution in [0.1, 0.15) is 31.9 Å². The maximum atomic E-state index is 6.50. The SMILES string of the molecule is CC[C@@H]1Cn2nc(-c3ccc(Cl)cc3Cl)c3nc(C)cc(c32)N1CC1CC1. The van der Waals surface area contributed by atoms with Gasteiger partial charge in [-0.2, -0.15) is 5.10 Å². The predicted molar refractivity (Wildman–Crippen MR) is 112 cm³/mol. The van der Waals surface area contributed by atoms with E-state index in [1.807, 2.05) is 12.1 Å². The molecule has 0 spiro atoms. The van der Waals surface area contributed by atoms with E-state index >= 15 is 0 Å². The molecular weight excluding hydrogens is 379 g/mol. The van der Waals surface area contributed by atoms with Crippen LogP contribution in [0.25, 0.3) is 22.3 Å². The lowest BCUT2D eigenvalue weighted by Crippen LogP contribution is -2.42. The van der Waals surface area contributed by atoms with Crippen LogP contribution in [-0.4, -0.2) is 27.4 Å². The molecule has 0 N–H and O–H groups in total. The molecule has 3 heterocycles. The summed E-state index contributed by atoms with van der Waals surface area (Å²) in [6, 6.07) is 8.26. The summed E-state index contributed by atoms with van der Waals surface area (Å²) < 4.78 is 2.13. The van der Waals surface area contributed by atoms with Crippen LogP contribution in [0.5, 0.6) is 0 Å². The van der Waals surface area contributed by atoms with Crippen molar-refractivity contribution in [1.82, 2.24) is 14.8 Å². The van der Waals surface area contributed by atoms with E-state index in [4.69, 9.17) is 33.3 Å². The fourth-order valence-corrected chi connectivity index (χ4v) is 4.67. The minimum Gasteiger partial charge on any atom is -0.365 e. The van der Waals surface area contributed by atoms with Crippen molar-refractivity contribution in [3.63, 3.8) is 0 Å². The van der Waals surface area contributed by atoms with Crippen LogP contribution >= 0.6 is 23.2 Å². The summed E-state index contributed by atoms with van der Waals surface area (Å²) in [5.74, 6) is 0.835. The summed E-state index contributed by atoms with van der Waals surface area (Å²) in [6.07, 6.45) is 3.81. The molecule has 1 atom stereocenters. The number of benzene rings is 1. The molecule has 1 aliphatic carbocycles. The summed E-state index contributed by atoms with van der Waals surface area (Å²) in [6.45, 7) is 6.36. The standard InChI is InChI=1S/C21H22Cl2N4/c1-3-15-11-27-21-18(26(15)10-13-4-5-13)8-12(2)24-20(21)19(25-27)16-7-6-14(22)9-17(16)23/h6-9,13,15H,3-5,10-11H2,1-2H3/t15-/m1/s1. The molecule has 3 aromatic rings. The molecular formula is C21H22Cl2N4. The predicted octanol–water partition coefficient (Wildman–Crippen LogP) is 5.72. The number of pyridine rings is 1. The largest absolute Gasteiger partial charge is 0.365 e. The van der Waals surface area contributed by atoms with Crippen LogP contribution in [0.2, 0.25) is 10.0 Å². The van der Waals surface area contributed by atoms with Crippen molar-refractivity contribution in [3.05, 3.63) is 40.0 Å². The smallest absolute Gasteiger partial charge is 0.120 e. The molecule has 0 bridgehead atoms. The first-order valence-electron chi connectivity index (χ1n) is 9.65. The first kappa shape index (κ1) is 17.3. The Morgan fingerprint density at radius 3 is 2.70 bits per heavy atom. The van der Waals surface area contributed by atoms with Crippen molar-refractivity contribution in [2.75, 3.05) is 11.4 Å². The fraction of sp³-hybridized carbons (Fsp3) is 0.429. The Bertz CT molecular complexity index is 1040. The summed E-state index contributed by atoms with van der Waals surface area (Å²) in [4.78, 5) is 7.46. The van der Waals surface area contributed by atoms with E-state index in [-0.39, 0.29) is 0 Å². The fourth-order valence-electron chi connectivity index (χ4n) is 4.17. The normalized spacial score (nSPS) is 19.1. The highest BCUT2D eigenvalue weighted by Gasteiger charge is 2.34. The molecule has 140 valence electrons. The highest BCUT2D eigenvalue weighted by atomic mass is 35.5. The Morgan fingerprint density at radius 2 is 2.00 bits per heavy atom. The van der Waals surface area contributed by atoms with E-state index in [1.165, 1.54) is 18.5 Å². The van der Waals surface area contributed by atoms with Crippen molar-refractivity contribution in [3.8, 4) is 11.3 Å². The van der Waals surface area contributed by atoms with Crippen molar-refractivity contribution in [2.45, 2.75) is 45.7 Å². The van der Waals surface area contributed by atoms with Crippen LogP contribution in [0.3, 0.4) is 0 Å². The Labute approximate surface area is 169 Å². The third-order valence-electron chi connectivity index (χ3n) is 5.75. The number of anilines is 1. The van der Waals surface area contributed by atoms with E-state index in [1.54, 1.807) is 6.07 Å². The van der Waals surface area contributed by atoms with Crippen LogP contribution in [-0.2, 0) is 6.54 Å². The second-order valence-electron chi connectivity index (χ2n) is 7.79. The van der Waals surface area contributed by atoms with Gasteiger partial charge in [0.15, 0.2) is 0 Å². The molecule has 27 heavy (non-hydrogen) atoms. The molecule has 0 amide bonds. The second-order valence-corrected chi connectivity index (χ2v) is 8.64. The lowest BCUT2D eigenvalue weighted by molar-refractivity contribution is 0.453. The van der Waals surface area contributed by atoms with Gasteiger partial charge in [0.05, 0.1) is 17.3 Å². The van der Waals surface area contributed by atoms with Gasteiger partial charge in [-0.1, -0.05) is 30.1 Å². The average molecular weight is 401 g/mol. The number of rotatable bonds is 4. The van der Waals surface area contributed by atoms with Gasteiger partial charge in [0.25, 0.3) is 0 Å². The maximum Gasteiger partial charge on any atom is 0.120 e. The van der Waals surface area contributed by atoms with Crippen LogP contribution in [0.15, 0.2) is 24.3 Å². The molecule has 0 unspecified atom stereocenters. The molecule has 1 aromatic carbocycles. The first-order chi connectivity index (χ1) is 13.0. The topological polar surface area (TPSA) is 34.0 Å². The molecule has 1 aliphatic heterocycles. The van der Waals surface area contributed by atoms with E-state index in [0.29, 0.717) is 16.1 Å². The molecule has 4 nitrogen and oxygen atoms in total.